The van der Waals surface area contributed by atoms with E-state index in [0.29, 0.717) is 35.4 Å². The van der Waals surface area contributed by atoms with Gasteiger partial charge in [0, 0.05) is 25.8 Å². The predicted octanol–water partition coefficient (Wildman–Crippen LogP) is 5.49. The molecule has 5 nitrogen and oxygen atoms in total. The Morgan fingerprint density at radius 2 is 1.88 bits per heavy atom. The monoisotopic (exact) mass is 456 g/mol. The summed E-state index contributed by atoms with van der Waals surface area (Å²) >= 11 is 1.37. The molecule has 0 aliphatic carbocycles. The average molecular weight is 457 g/mol. The zero-order chi connectivity index (χ0) is 23.0. The lowest BCUT2D eigenvalue weighted by atomic mass is 10.0. The van der Waals surface area contributed by atoms with Crippen LogP contribution in [0.25, 0.3) is 16.8 Å². The summed E-state index contributed by atoms with van der Waals surface area (Å²) < 4.78 is 11.0. The van der Waals surface area contributed by atoms with Crippen LogP contribution in [0.1, 0.15) is 12.0 Å². The number of rotatable bonds is 8. The molecule has 166 valence electrons. The second kappa shape index (κ2) is 10.9. The zero-order valence-corrected chi connectivity index (χ0v) is 19.2. The molecule has 0 aromatic heterocycles. The van der Waals surface area contributed by atoms with Gasteiger partial charge in [-0.1, -0.05) is 54.5 Å². The van der Waals surface area contributed by atoms with Gasteiger partial charge >= 0.3 is 0 Å². The van der Waals surface area contributed by atoms with E-state index in [9.17, 15) is 4.79 Å². The number of terminal acetylenes is 1. The number of aliphatic imine (C=N–C) groups is 1. The summed E-state index contributed by atoms with van der Waals surface area (Å²) in [4.78, 5) is 20.5. The highest BCUT2D eigenvalue weighted by Crippen LogP contribution is 2.38. The van der Waals surface area contributed by atoms with Crippen LogP contribution in [0.15, 0.2) is 76.6 Å². The Balaban J connectivity index is 1.76. The third-order valence-corrected chi connectivity index (χ3v) is 6.12. The van der Waals surface area contributed by atoms with Crippen LogP contribution in [0.3, 0.4) is 0 Å². The van der Waals surface area contributed by atoms with Crippen LogP contribution < -0.4 is 4.74 Å². The molecule has 1 saturated heterocycles. The Morgan fingerprint density at radius 1 is 1.09 bits per heavy atom. The minimum Gasteiger partial charge on any atom is -0.480 e. The molecule has 1 aliphatic heterocycles. The van der Waals surface area contributed by atoms with Gasteiger partial charge in [-0.2, -0.15) is 0 Å². The van der Waals surface area contributed by atoms with E-state index in [1.165, 1.54) is 11.8 Å². The van der Waals surface area contributed by atoms with Gasteiger partial charge in [0.15, 0.2) is 5.17 Å². The van der Waals surface area contributed by atoms with E-state index in [-0.39, 0.29) is 12.5 Å². The summed E-state index contributed by atoms with van der Waals surface area (Å²) in [6.45, 7) is 1.25. The molecular weight excluding hydrogens is 432 g/mol. The third-order valence-electron chi connectivity index (χ3n) is 5.12. The van der Waals surface area contributed by atoms with Crippen molar-refractivity contribution in [2.24, 2.45) is 4.99 Å². The van der Waals surface area contributed by atoms with E-state index in [1.54, 1.807) is 12.0 Å². The Kier molecular flexibility index (Phi) is 7.46. The standard InChI is InChI=1S/C27H24N2O3S/c1-3-17-32-24-15-14-20-10-7-8-13-22(20)23(24)19-25-26(30)29(16-9-18-31-2)27(33-25)28-21-11-5-4-6-12-21/h1,4-8,10-15,19H,9,16-18H2,2H3. The highest BCUT2D eigenvalue weighted by Gasteiger charge is 2.33. The highest BCUT2D eigenvalue weighted by atomic mass is 32.2. The first-order valence-electron chi connectivity index (χ1n) is 10.6. The maximum atomic E-state index is 13.4. The second-order valence-corrected chi connectivity index (χ2v) is 8.34. The van der Waals surface area contributed by atoms with Crippen LogP contribution in [0.2, 0.25) is 0 Å². The van der Waals surface area contributed by atoms with Crippen molar-refractivity contribution in [2.45, 2.75) is 6.42 Å². The molecule has 0 bridgehead atoms. The van der Waals surface area contributed by atoms with Gasteiger partial charge in [0.1, 0.15) is 12.4 Å². The van der Waals surface area contributed by atoms with Gasteiger partial charge in [-0.3, -0.25) is 9.69 Å². The first-order valence-corrected chi connectivity index (χ1v) is 11.4. The molecular formula is C27H24N2O3S. The minimum atomic E-state index is -0.0818. The molecule has 33 heavy (non-hydrogen) atoms. The van der Waals surface area contributed by atoms with Crippen molar-refractivity contribution in [1.82, 2.24) is 4.90 Å². The number of fused-ring (bicyclic) bond motifs is 1. The lowest BCUT2D eigenvalue weighted by Gasteiger charge is -2.15. The number of amidine groups is 1. The number of amides is 1. The van der Waals surface area contributed by atoms with Gasteiger partial charge in [0.05, 0.1) is 10.6 Å². The number of nitrogens with zero attached hydrogens (tertiary/aromatic N) is 2. The van der Waals surface area contributed by atoms with Gasteiger partial charge in [-0.05, 0) is 53.2 Å². The van der Waals surface area contributed by atoms with Gasteiger partial charge in [-0.15, -0.1) is 6.42 Å². The molecule has 4 rings (SSSR count). The summed E-state index contributed by atoms with van der Waals surface area (Å²) in [7, 11) is 1.66. The van der Waals surface area contributed by atoms with Crippen molar-refractivity contribution in [3.05, 3.63) is 77.2 Å². The molecule has 0 saturated carbocycles. The minimum absolute atomic E-state index is 0.0818. The lowest BCUT2D eigenvalue weighted by Crippen LogP contribution is -2.30. The number of carbonyl (C=O) groups is 1. The molecule has 0 spiro atoms. The van der Waals surface area contributed by atoms with E-state index in [0.717, 1.165) is 22.0 Å². The molecule has 0 radical (unpaired) electrons. The summed E-state index contributed by atoms with van der Waals surface area (Å²) in [6, 6.07) is 21.5. The lowest BCUT2D eigenvalue weighted by molar-refractivity contribution is -0.122. The fraction of sp³-hybridized carbons (Fsp3) is 0.185. The maximum absolute atomic E-state index is 13.4. The summed E-state index contributed by atoms with van der Waals surface area (Å²) in [5, 5.41) is 2.70. The number of para-hydroxylation sites is 1. The van der Waals surface area contributed by atoms with Crippen molar-refractivity contribution in [2.75, 3.05) is 26.9 Å². The summed E-state index contributed by atoms with van der Waals surface area (Å²) in [6.07, 6.45) is 8.01. The van der Waals surface area contributed by atoms with Gasteiger partial charge in [0.25, 0.3) is 5.91 Å². The molecule has 1 fully saturated rings. The van der Waals surface area contributed by atoms with Crippen molar-refractivity contribution < 1.29 is 14.3 Å². The quantitative estimate of drug-likeness (QED) is 0.255. The van der Waals surface area contributed by atoms with Crippen LogP contribution in [0.5, 0.6) is 5.75 Å². The van der Waals surface area contributed by atoms with E-state index >= 15 is 0 Å². The van der Waals surface area contributed by atoms with Gasteiger partial charge in [-0.25, -0.2) is 4.99 Å². The van der Waals surface area contributed by atoms with Crippen LogP contribution in [-0.4, -0.2) is 42.8 Å². The molecule has 3 aromatic carbocycles. The number of hydrogen-bond donors (Lipinski definition) is 0. The van der Waals surface area contributed by atoms with Crippen LogP contribution >= 0.6 is 11.8 Å². The van der Waals surface area contributed by atoms with Crippen LogP contribution in [-0.2, 0) is 9.53 Å². The Hall–Kier alpha value is -3.53. The van der Waals surface area contributed by atoms with Crippen molar-refractivity contribution in [3.8, 4) is 18.1 Å². The SMILES string of the molecule is C#CCOc1ccc2ccccc2c1C=C1SC(=Nc2ccccc2)N(CCCOC)C1=O. The topological polar surface area (TPSA) is 51.1 Å². The Labute approximate surface area is 198 Å². The average Bonchev–Trinajstić information content (AvgIpc) is 3.13. The van der Waals surface area contributed by atoms with E-state index < -0.39 is 0 Å². The van der Waals surface area contributed by atoms with E-state index in [1.807, 2.05) is 72.8 Å². The van der Waals surface area contributed by atoms with Crippen LogP contribution in [0, 0.1) is 12.3 Å². The predicted molar refractivity (Wildman–Crippen MR) is 136 cm³/mol. The van der Waals surface area contributed by atoms with Gasteiger partial charge < -0.3 is 9.47 Å². The molecule has 0 N–H and O–H groups in total. The highest BCUT2D eigenvalue weighted by molar-refractivity contribution is 8.18. The summed E-state index contributed by atoms with van der Waals surface area (Å²) in [5.74, 6) is 3.07. The molecule has 6 heteroatoms. The number of benzene rings is 3. The molecule has 1 amide bonds. The molecule has 0 atom stereocenters. The molecule has 1 heterocycles. The number of carbonyl (C=O) groups excluding carboxylic acids is 1. The molecule has 1 aliphatic rings. The summed E-state index contributed by atoms with van der Waals surface area (Å²) in [5.41, 5.74) is 1.63. The Bertz CT molecular complexity index is 1250. The first-order chi connectivity index (χ1) is 16.2. The third kappa shape index (κ3) is 5.28. The molecule has 3 aromatic rings. The maximum Gasteiger partial charge on any atom is 0.266 e. The van der Waals surface area contributed by atoms with E-state index in [2.05, 4.69) is 5.92 Å². The van der Waals surface area contributed by atoms with Crippen molar-refractivity contribution in [3.63, 3.8) is 0 Å². The zero-order valence-electron chi connectivity index (χ0n) is 18.4. The van der Waals surface area contributed by atoms with E-state index in [4.69, 9.17) is 20.9 Å². The number of hydrogen-bond acceptors (Lipinski definition) is 5. The first kappa shape index (κ1) is 22.7. The smallest absolute Gasteiger partial charge is 0.266 e. The number of thioether (sulfide) groups is 1. The van der Waals surface area contributed by atoms with Crippen molar-refractivity contribution in [1.29, 1.82) is 0 Å². The largest absolute Gasteiger partial charge is 0.480 e. The fourth-order valence-electron chi connectivity index (χ4n) is 3.57. The van der Waals surface area contributed by atoms with Crippen molar-refractivity contribution >= 4 is 45.4 Å². The Morgan fingerprint density at radius 3 is 2.67 bits per heavy atom. The van der Waals surface area contributed by atoms with Crippen LogP contribution in [0.4, 0.5) is 5.69 Å². The van der Waals surface area contributed by atoms with Gasteiger partial charge in [0.2, 0.25) is 0 Å². The number of methoxy groups -OCH3 is 1. The normalized spacial score (nSPS) is 16.0. The number of ether oxygens (including phenoxy) is 2. The fourth-order valence-corrected chi connectivity index (χ4v) is 4.58. The molecule has 0 unspecified atom stereocenters. The second-order valence-electron chi connectivity index (χ2n) is 7.34.